The molecule has 0 aliphatic carbocycles. The van der Waals surface area contributed by atoms with E-state index in [4.69, 9.17) is 4.74 Å². The van der Waals surface area contributed by atoms with Crippen molar-refractivity contribution in [3.63, 3.8) is 0 Å². The Bertz CT molecular complexity index is 897. The lowest BCUT2D eigenvalue weighted by Gasteiger charge is -2.15. The highest BCUT2D eigenvalue weighted by Gasteiger charge is 2.11. The van der Waals surface area contributed by atoms with Gasteiger partial charge in [0.1, 0.15) is 12.4 Å². The number of rotatable bonds is 4. The Labute approximate surface area is 139 Å². The summed E-state index contributed by atoms with van der Waals surface area (Å²) in [6, 6.07) is 13.6. The maximum absolute atomic E-state index is 12.5. The monoisotopic (exact) mass is 325 g/mol. The minimum atomic E-state index is 0.109. The van der Waals surface area contributed by atoms with E-state index >= 15 is 0 Å². The first-order valence-electron chi connectivity index (χ1n) is 8.12. The van der Waals surface area contributed by atoms with Crippen molar-refractivity contribution in [3.8, 4) is 5.75 Å². The van der Waals surface area contributed by atoms with Crippen LogP contribution in [0.3, 0.4) is 0 Å². The summed E-state index contributed by atoms with van der Waals surface area (Å²) in [6.07, 6.45) is 2.61. The smallest absolute Gasteiger partial charge is 0.195 e. The predicted octanol–water partition coefficient (Wildman–Crippen LogP) is 3.89. The molecule has 0 atom stereocenters. The van der Waals surface area contributed by atoms with Crippen molar-refractivity contribution in [3.05, 3.63) is 52.7 Å². The molecule has 1 aliphatic rings. The van der Waals surface area contributed by atoms with Crippen LogP contribution in [-0.2, 0) is 0 Å². The average Bonchev–Trinajstić information content (AvgIpc) is 3.08. The van der Waals surface area contributed by atoms with Crippen LogP contribution in [0.1, 0.15) is 12.8 Å². The molecular formula is C19H19NO2S. The highest BCUT2D eigenvalue weighted by atomic mass is 32.1. The third kappa shape index (κ3) is 2.96. The van der Waals surface area contributed by atoms with Crippen LogP contribution >= 0.6 is 11.3 Å². The first-order chi connectivity index (χ1) is 11.3. The Morgan fingerprint density at radius 1 is 1.00 bits per heavy atom. The molecule has 4 rings (SSSR count). The largest absolute Gasteiger partial charge is 0.492 e. The zero-order chi connectivity index (χ0) is 15.6. The molecule has 3 aromatic rings. The molecule has 23 heavy (non-hydrogen) atoms. The molecule has 118 valence electrons. The van der Waals surface area contributed by atoms with Gasteiger partial charge in [-0.15, -0.1) is 11.3 Å². The van der Waals surface area contributed by atoms with Crippen LogP contribution < -0.4 is 10.2 Å². The third-order valence-electron chi connectivity index (χ3n) is 4.42. The topological polar surface area (TPSA) is 29.5 Å². The van der Waals surface area contributed by atoms with Crippen molar-refractivity contribution in [2.24, 2.45) is 0 Å². The fourth-order valence-electron chi connectivity index (χ4n) is 3.17. The van der Waals surface area contributed by atoms with Crippen molar-refractivity contribution < 1.29 is 4.74 Å². The van der Waals surface area contributed by atoms with Gasteiger partial charge in [0.15, 0.2) is 5.43 Å². The Hall–Kier alpha value is -1.91. The number of fused-ring (bicyclic) bond motifs is 2. The summed E-state index contributed by atoms with van der Waals surface area (Å²) in [6.45, 7) is 4.06. The molecular weight excluding hydrogens is 306 g/mol. The lowest BCUT2D eigenvalue weighted by Crippen LogP contribution is -2.25. The molecule has 0 amide bonds. The zero-order valence-electron chi connectivity index (χ0n) is 13.0. The fourth-order valence-corrected chi connectivity index (χ4v) is 4.27. The van der Waals surface area contributed by atoms with Crippen LogP contribution in [0, 0.1) is 0 Å². The third-order valence-corrected chi connectivity index (χ3v) is 5.56. The van der Waals surface area contributed by atoms with Crippen molar-refractivity contribution in [1.29, 1.82) is 0 Å². The SMILES string of the molecule is O=c1c2ccccc2sc2cc(OCCN3CCCC3)ccc12. The maximum Gasteiger partial charge on any atom is 0.195 e. The second-order valence-corrected chi connectivity index (χ2v) is 7.07. The number of ether oxygens (including phenoxy) is 1. The summed E-state index contributed by atoms with van der Waals surface area (Å²) < 4.78 is 7.91. The van der Waals surface area contributed by atoms with Gasteiger partial charge >= 0.3 is 0 Å². The summed E-state index contributed by atoms with van der Waals surface area (Å²) in [5.74, 6) is 0.850. The highest BCUT2D eigenvalue weighted by Crippen LogP contribution is 2.27. The maximum atomic E-state index is 12.5. The van der Waals surface area contributed by atoms with Gasteiger partial charge in [0.05, 0.1) is 0 Å². The van der Waals surface area contributed by atoms with E-state index in [1.54, 1.807) is 11.3 Å². The van der Waals surface area contributed by atoms with Crippen LogP contribution in [0.25, 0.3) is 20.2 Å². The Kier molecular flexibility index (Phi) is 4.02. The van der Waals surface area contributed by atoms with E-state index in [0.29, 0.717) is 6.61 Å². The molecule has 0 radical (unpaired) electrons. The molecule has 1 aliphatic heterocycles. The summed E-state index contributed by atoms with van der Waals surface area (Å²) >= 11 is 1.65. The van der Waals surface area contributed by atoms with E-state index in [9.17, 15) is 4.79 Å². The van der Waals surface area contributed by atoms with Gasteiger partial charge in [-0.1, -0.05) is 12.1 Å². The van der Waals surface area contributed by atoms with Gasteiger partial charge in [-0.3, -0.25) is 9.69 Å². The lowest BCUT2D eigenvalue weighted by molar-refractivity contribution is 0.238. The Balaban J connectivity index is 1.59. The molecule has 2 heterocycles. The Morgan fingerprint density at radius 2 is 1.78 bits per heavy atom. The standard InChI is InChI=1S/C19H19NO2S/c21-19-15-5-1-2-6-17(15)23-18-13-14(7-8-16(18)19)22-12-11-20-9-3-4-10-20/h1-2,5-8,13H,3-4,9-12H2. The molecule has 0 bridgehead atoms. The number of hydrogen-bond acceptors (Lipinski definition) is 4. The van der Waals surface area contributed by atoms with E-state index in [0.717, 1.165) is 32.5 Å². The molecule has 1 fully saturated rings. The second-order valence-electron chi connectivity index (χ2n) is 5.98. The highest BCUT2D eigenvalue weighted by molar-refractivity contribution is 7.24. The lowest BCUT2D eigenvalue weighted by atomic mass is 10.2. The molecule has 0 N–H and O–H groups in total. The van der Waals surface area contributed by atoms with E-state index in [1.165, 1.54) is 25.9 Å². The first kappa shape index (κ1) is 14.7. The summed E-state index contributed by atoms with van der Waals surface area (Å²) in [4.78, 5) is 15.0. The molecule has 1 saturated heterocycles. The molecule has 0 unspecified atom stereocenters. The predicted molar refractivity (Wildman–Crippen MR) is 96.8 cm³/mol. The number of benzene rings is 2. The quantitative estimate of drug-likeness (QED) is 0.682. The van der Waals surface area contributed by atoms with E-state index < -0.39 is 0 Å². The average molecular weight is 325 g/mol. The van der Waals surface area contributed by atoms with Gasteiger partial charge < -0.3 is 4.74 Å². The summed E-state index contributed by atoms with van der Waals surface area (Å²) in [7, 11) is 0. The second kappa shape index (κ2) is 6.30. The molecule has 1 aromatic heterocycles. The Morgan fingerprint density at radius 3 is 2.65 bits per heavy atom. The van der Waals surface area contributed by atoms with Crippen LogP contribution in [0.5, 0.6) is 5.75 Å². The van der Waals surface area contributed by atoms with Gasteiger partial charge in [-0.05, 0) is 56.3 Å². The zero-order valence-corrected chi connectivity index (χ0v) is 13.8. The van der Waals surface area contributed by atoms with Crippen LogP contribution in [0.15, 0.2) is 47.3 Å². The molecule has 3 nitrogen and oxygen atoms in total. The van der Waals surface area contributed by atoms with Crippen LogP contribution in [-0.4, -0.2) is 31.1 Å². The summed E-state index contributed by atoms with van der Waals surface area (Å²) in [5, 5.41) is 1.58. The molecule has 4 heteroatoms. The van der Waals surface area contributed by atoms with Crippen molar-refractivity contribution >= 4 is 31.5 Å². The van der Waals surface area contributed by atoms with E-state index in [1.807, 2.05) is 42.5 Å². The van der Waals surface area contributed by atoms with Gasteiger partial charge in [0.25, 0.3) is 0 Å². The van der Waals surface area contributed by atoms with E-state index in [-0.39, 0.29) is 5.43 Å². The van der Waals surface area contributed by atoms with Gasteiger partial charge in [0.2, 0.25) is 0 Å². The van der Waals surface area contributed by atoms with Crippen molar-refractivity contribution in [1.82, 2.24) is 4.90 Å². The molecule has 0 saturated carbocycles. The number of hydrogen-bond donors (Lipinski definition) is 0. The van der Waals surface area contributed by atoms with E-state index in [2.05, 4.69) is 4.90 Å². The molecule has 2 aromatic carbocycles. The number of likely N-dealkylation sites (tertiary alicyclic amines) is 1. The van der Waals surface area contributed by atoms with Crippen molar-refractivity contribution in [2.45, 2.75) is 12.8 Å². The number of nitrogens with zero attached hydrogens (tertiary/aromatic N) is 1. The van der Waals surface area contributed by atoms with Gasteiger partial charge in [-0.25, -0.2) is 0 Å². The normalized spacial score (nSPS) is 15.5. The summed E-state index contributed by atoms with van der Waals surface area (Å²) in [5.41, 5.74) is 0.109. The molecule has 0 spiro atoms. The minimum Gasteiger partial charge on any atom is -0.492 e. The minimum absolute atomic E-state index is 0.109. The van der Waals surface area contributed by atoms with Crippen molar-refractivity contribution in [2.75, 3.05) is 26.2 Å². The van der Waals surface area contributed by atoms with Gasteiger partial charge in [-0.2, -0.15) is 0 Å². The first-order valence-corrected chi connectivity index (χ1v) is 8.94. The fraction of sp³-hybridized carbons (Fsp3) is 0.316. The van der Waals surface area contributed by atoms with Crippen LogP contribution in [0.4, 0.5) is 0 Å². The van der Waals surface area contributed by atoms with Crippen LogP contribution in [0.2, 0.25) is 0 Å². The van der Waals surface area contributed by atoms with Gasteiger partial charge in [0, 0.05) is 26.7 Å².